The molecule has 17 heavy (non-hydrogen) atoms. The number of likely N-dealkylation sites (tertiary alicyclic amines) is 1. The summed E-state index contributed by atoms with van der Waals surface area (Å²) in [5.41, 5.74) is 0.947. The molecule has 1 heterocycles. The molecule has 4 heteroatoms. The Morgan fingerprint density at radius 3 is 2.88 bits per heavy atom. The zero-order valence-electron chi connectivity index (χ0n) is 9.54. The Hall–Kier alpha value is -1.84. The fraction of sp³-hybridized carbons (Fsp3) is 0.385. The fourth-order valence-electron chi connectivity index (χ4n) is 1.96. The van der Waals surface area contributed by atoms with Crippen LogP contribution in [0.25, 0.3) is 0 Å². The van der Waals surface area contributed by atoms with Gasteiger partial charge in [0.15, 0.2) is 0 Å². The van der Waals surface area contributed by atoms with Crippen LogP contribution in [0.5, 0.6) is 0 Å². The first-order valence-corrected chi connectivity index (χ1v) is 5.74. The number of rotatable bonds is 3. The molecule has 0 bridgehead atoms. The molecule has 0 aliphatic carbocycles. The maximum absolute atomic E-state index is 11.7. The SMILES string of the molecule is O=C[C@H]1CCCN1C(=O)OCc1ccccc1. The molecule has 1 fully saturated rings. The van der Waals surface area contributed by atoms with Crippen molar-refractivity contribution in [3.05, 3.63) is 35.9 Å². The number of carbonyl (C=O) groups excluding carboxylic acids is 2. The molecule has 2 rings (SSSR count). The van der Waals surface area contributed by atoms with Crippen LogP contribution >= 0.6 is 0 Å². The van der Waals surface area contributed by atoms with Crippen molar-refractivity contribution < 1.29 is 14.3 Å². The first-order valence-electron chi connectivity index (χ1n) is 5.74. The van der Waals surface area contributed by atoms with Crippen LogP contribution in [0.2, 0.25) is 0 Å². The van der Waals surface area contributed by atoms with Crippen molar-refractivity contribution in [2.24, 2.45) is 0 Å². The van der Waals surface area contributed by atoms with Gasteiger partial charge in [-0.3, -0.25) is 4.90 Å². The van der Waals surface area contributed by atoms with Crippen LogP contribution in [-0.4, -0.2) is 29.9 Å². The van der Waals surface area contributed by atoms with Crippen molar-refractivity contribution in [1.29, 1.82) is 0 Å². The van der Waals surface area contributed by atoms with Crippen molar-refractivity contribution in [3.63, 3.8) is 0 Å². The third-order valence-electron chi connectivity index (χ3n) is 2.90. The lowest BCUT2D eigenvalue weighted by molar-refractivity contribution is -0.111. The number of nitrogens with zero attached hydrogens (tertiary/aromatic N) is 1. The van der Waals surface area contributed by atoms with Crippen LogP contribution in [0.3, 0.4) is 0 Å². The van der Waals surface area contributed by atoms with Gasteiger partial charge in [-0.25, -0.2) is 4.79 Å². The molecule has 1 amide bonds. The highest BCUT2D eigenvalue weighted by Crippen LogP contribution is 2.16. The van der Waals surface area contributed by atoms with Gasteiger partial charge in [0.05, 0.1) is 6.04 Å². The van der Waals surface area contributed by atoms with Gasteiger partial charge in [-0.05, 0) is 18.4 Å². The highest BCUT2D eigenvalue weighted by atomic mass is 16.6. The average molecular weight is 233 g/mol. The predicted molar refractivity (Wildman–Crippen MR) is 62.4 cm³/mol. The molecule has 0 N–H and O–H groups in total. The molecule has 1 aliphatic rings. The van der Waals surface area contributed by atoms with E-state index >= 15 is 0 Å². The van der Waals surface area contributed by atoms with Crippen LogP contribution in [-0.2, 0) is 16.1 Å². The number of hydrogen-bond acceptors (Lipinski definition) is 3. The minimum Gasteiger partial charge on any atom is -0.445 e. The van der Waals surface area contributed by atoms with Gasteiger partial charge in [-0.2, -0.15) is 0 Å². The minimum absolute atomic E-state index is 0.252. The van der Waals surface area contributed by atoms with Crippen LogP contribution in [0.4, 0.5) is 4.79 Å². The largest absolute Gasteiger partial charge is 0.445 e. The summed E-state index contributed by atoms with van der Waals surface area (Å²) in [4.78, 5) is 24.0. The quantitative estimate of drug-likeness (QED) is 0.750. The lowest BCUT2D eigenvalue weighted by atomic mass is 10.2. The third kappa shape index (κ3) is 2.84. The fourth-order valence-corrected chi connectivity index (χ4v) is 1.96. The van der Waals surface area contributed by atoms with Gasteiger partial charge in [0, 0.05) is 6.54 Å². The smallest absolute Gasteiger partial charge is 0.410 e. The molecule has 4 nitrogen and oxygen atoms in total. The molecule has 1 aromatic rings. The molecule has 1 atom stereocenters. The second-order valence-electron chi connectivity index (χ2n) is 4.08. The Bertz CT molecular complexity index is 391. The highest BCUT2D eigenvalue weighted by Gasteiger charge is 2.29. The highest BCUT2D eigenvalue weighted by molar-refractivity contribution is 5.74. The van der Waals surface area contributed by atoms with Crippen molar-refractivity contribution >= 4 is 12.4 Å². The Morgan fingerprint density at radius 2 is 2.18 bits per heavy atom. The van der Waals surface area contributed by atoms with Gasteiger partial charge >= 0.3 is 6.09 Å². The van der Waals surface area contributed by atoms with Crippen LogP contribution in [0.1, 0.15) is 18.4 Å². The van der Waals surface area contributed by atoms with E-state index in [9.17, 15) is 9.59 Å². The van der Waals surface area contributed by atoms with E-state index < -0.39 is 6.09 Å². The number of carbonyl (C=O) groups is 2. The first kappa shape index (κ1) is 11.6. The van der Waals surface area contributed by atoms with Crippen molar-refractivity contribution in [1.82, 2.24) is 4.90 Å². The second-order valence-corrected chi connectivity index (χ2v) is 4.08. The third-order valence-corrected chi connectivity index (χ3v) is 2.90. The van der Waals surface area contributed by atoms with Gasteiger partial charge in [0.2, 0.25) is 0 Å². The molecule has 90 valence electrons. The molecule has 1 saturated heterocycles. The van der Waals surface area contributed by atoms with Gasteiger partial charge in [-0.1, -0.05) is 30.3 Å². The van der Waals surface area contributed by atoms with Gasteiger partial charge in [0.25, 0.3) is 0 Å². The molecule has 0 aromatic heterocycles. The minimum atomic E-state index is -0.400. The van der Waals surface area contributed by atoms with E-state index in [4.69, 9.17) is 4.74 Å². The monoisotopic (exact) mass is 233 g/mol. The Morgan fingerprint density at radius 1 is 1.41 bits per heavy atom. The van der Waals surface area contributed by atoms with E-state index in [1.165, 1.54) is 4.90 Å². The molecular formula is C13H15NO3. The summed E-state index contributed by atoms with van der Waals surface area (Å²) in [7, 11) is 0. The van der Waals surface area contributed by atoms with E-state index in [0.29, 0.717) is 6.54 Å². The van der Waals surface area contributed by atoms with E-state index in [2.05, 4.69) is 0 Å². The van der Waals surface area contributed by atoms with E-state index in [-0.39, 0.29) is 12.6 Å². The normalized spacial score (nSPS) is 19.1. The summed E-state index contributed by atoms with van der Waals surface area (Å²) in [6.45, 7) is 0.860. The lowest BCUT2D eigenvalue weighted by Gasteiger charge is -2.19. The van der Waals surface area contributed by atoms with Crippen molar-refractivity contribution in [3.8, 4) is 0 Å². The molecule has 0 saturated carbocycles. The molecule has 0 radical (unpaired) electrons. The average Bonchev–Trinajstić information content (AvgIpc) is 2.85. The molecule has 0 spiro atoms. The number of ether oxygens (including phenoxy) is 1. The predicted octanol–water partition coefficient (Wildman–Crippen LogP) is 1.99. The van der Waals surface area contributed by atoms with Crippen LogP contribution < -0.4 is 0 Å². The molecule has 0 unspecified atom stereocenters. The van der Waals surface area contributed by atoms with Gasteiger partial charge < -0.3 is 9.53 Å². The summed E-state index contributed by atoms with van der Waals surface area (Å²) < 4.78 is 5.17. The molecule has 1 aliphatic heterocycles. The molecule has 1 aromatic carbocycles. The summed E-state index contributed by atoms with van der Waals surface area (Å²) >= 11 is 0. The lowest BCUT2D eigenvalue weighted by Crippen LogP contribution is -2.36. The zero-order valence-corrected chi connectivity index (χ0v) is 9.54. The number of hydrogen-bond donors (Lipinski definition) is 0. The summed E-state index contributed by atoms with van der Waals surface area (Å²) in [5, 5.41) is 0. The summed E-state index contributed by atoms with van der Waals surface area (Å²) in [6, 6.07) is 9.19. The number of amides is 1. The van der Waals surface area contributed by atoms with Gasteiger partial charge in [-0.15, -0.1) is 0 Å². The van der Waals surface area contributed by atoms with Crippen molar-refractivity contribution in [2.75, 3.05) is 6.54 Å². The maximum Gasteiger partial charge on any atom is 0.410 e. The van der Waals surface area contributed by atoms with Gasteiger partial charge in [0.1, 0.15) is 12.9 Å². The topological polar surface area (TPSA) is 46.6 Å². The Labute approximate surface area is 100 Å². The summed E-state index contributed by atoms with van der Waals surface area (Å²) in [6.07, 6.45) is 2.02. The number of aldehydes is 1. The first-order chi connectivity index (χ1) is 8.31. The zero-order chi connectivity index (χ0) is 12.1. The Balaban J connectivity index is 1.87. The van der Waals surface area contributed by atoms with Crippen LogP contribution in [0, 0.1) is 0 Å². The van der Waals surface area contributed by atoms with Crippen molar-refractivity contribution in [2.45, 2.75) is 25.5 Å². The van der Waals surface area contributed by atoms with Crippen LogP contribution in [0.15, 0.2) is 30.3 Å². The Kier molecular flexibility index (Phi) is 3.75. The standard InChI is InChI=1S/C13H15NO3/c15-9-12-7-4-8-14(12)13(16)17-10-11-5-2-1-3-6-11/h1-3,5-6,9,12H,4,7-8,10H2/t12-/m1/s1. The number of benzene rings is 1. The second kappa shape index (κ2) is 5.48. The van der Waals surface area contributed by atoms with E-state index in [0.717, 1.165) is 24.7 Å². The van der Waals surface area contributed by atoms with E-state index in [1.54, 1.807) is 0 Å². The molecular weight excluding hydrogens is 218 g/mol. The van der Waals surface area contributed by atoms with E-state index in [1.807, 2.05) is 30.3 Å². The maximum atomic E-state index is 11.7. The summed E-state index contributed by atoms with van der Waals surface area (Å²) in [5.74, 6) is 0.